The van der Waals surface area contributed by atoms with Gasteiger partial charge in [0.1, 0.15) is 0 Å². The van der Waals surface area contributed by atoms with E-state index in [-0.39, 0.29) is 5.54 Å². The van der Waals surface area contributed by atoms with Crippen molar-refractivity contribution in [2.45, 2.75) is 32.2 Å². The second kappa shape index (κ2) is 3.96. The molecule has 1 heterocycles. The molecule has 0 bridgehead atoms. The standard InChI is InChI=1S/C9H18N3O/c1-3-9(4-2)7-11-5-6-12(9)8(10)13/h10-11H,3-7H2,1-2H3. The lowest BCUT2D eigenvalue weighted by Gasteiger charge is -2.45. The van der Waals surface area contributed by atoms with Gasteiger partial charge < -0.3 is 10.2 Å². The van der Waals surface area contributed by atoms with Crippen molar-refractivity contribution in [3.63, 3.8) is 0 Å². The maximum absolute atomic E-state index is 11.1. The Balaban J connectivity index is 2.81. The Labute approximate surface area is 79.5 Å². The number of nitrogens with one attached hydrogen (secondary N) is 2. The SMILES string of the molecule is CCC1(CC)CNCCN1C([NH])=O. The highest BCUT2D eigenvalue weighted by molar-refractivity contribution is 5.72. The summed E-state index contributed by atoms with van der Waals surface area (Å²) in [5.41, 5.74) is 7.08. The minimum atomic E-state index is -0.537. The highest BCUT2D eigenvalue weighted by Crippen LogP contribution is 2.25. The zero-order valence-electron chi connectivity index (χ0n) is 8.39. The van der Waals surface area contributed by atoms with E-state index in [4.69, 9.17) is 5.73 Å². The first-order valence-corrected chi connectivity index (χ1v) is 4.90. The summed E-state index contributed by atoms with van der Waals surface area (Å²) in [6.45, 7) is 6.46. The van der Waals surface area contributed by atoms with Gasteiger partial charge in [-0.15, -0.1) is 0 Å². The van der Waals surface area contributed by atoms with Crippen LogP contribution in [0.1, 0.15) is 26.7 Å². The molecule has 1 fully saturated rings. The fourth-order valence-electron chi connectivity index (χ4n) is 2.04. The molecule has 0 aromatic carbocycles. The molecule has 4 nitrogen and oxygen atoms in total. The van der Waals surface area contributed by atoms with Crippen LogP contribution < -0.4 is 11.1 Å². The first-order valence-electron chi connectivity index (χ1n) is 4.90. The van der Waals surface area contributed by atoms with E-state index in [0.29, 0.717) is 6.54 Å². The Hall–Kier alpha value is -0.770. The Bertz CT molecular complexity index is 189. The Morgan fingerprint density at radius 1 is 1.54 bits per heavy atom. The molecule has 0 spiro atoms. The molecule has 2 amide bonds. The molecule has 1 radical (unpaired) electrons. The second-order valence-corrected chi connectivity index (χ2v) is 3.57. The molecule has 1 saturated heterocycles. The van der Waals surface area contributed by atoms with Crippen molar-refractivity contribution >= 4 is 6.03 Å². The van der Waals surface area contributed by atoms with E-state index >= 15 is 0 Å². The average Bonchev–Trinajstić information content (AvgIpc) is 2.17. The van der Waals surface area contributed by atoms with Crippen molar-refractivity contribution in [1.29, 1.82) is 0 Å². The number of urea groups is 1. The number of piperazine rings is 1. The van der Waals surface area contributed by atoms with E-state index in [2.05, 4.69) is 19.2 Å². The van der Waals surface area contributed by atoms with Crippen LogP contribution in [-0.2, 0) is 0 Å². The molecule has 0 aromatic rings. The van der Waals surface area contributed by atoms with Gasteiger partial charge in [-0.05, 0) is 12.8 Å². The number of carbonyl (C=O) groups is 1. The molecule has 1 aliphatic heterocycles. The van der Waals surface area contributed by atoms with Crippen LogP contribution >= 0.6 is 0 Å². The summed E-state index contributed by atoms with van der Waals surface area (Å²) < 4.78 is 0. The number of carbonyl (C=O) groups excluding carboxylic acids is 1. The lowest BCUT2D eigenvalue weighted by molar-refractivity contribution is 0.0850. The number of nitrogens with zero attached hydrogens (tertiary/aromatic N) is 1. The second-order valence-electron chi connectivity index (χ2n) is 3.57. The molecule has 0 aliphatic carbocycles. The molecule has 1 rings (SSSR count). The van der Waals surface area contributed by atoms with Gasteiger partial charge in [-0.3, -0.25) is 0 Å². The largest absolute Gasteiger partial charge is 0.336 e. The fraction of sp³-hybridized carbons (Fsp3) is 0.889. The minimum absolute atomic E-state index is 0.114. The number of amides is 2. The zero-order chi connectivity index (χ0) is 9.90. The van der Waals surface area contributed by atoms with Crippen molar-refractivity contribution < 1.29 is 4.79 Å². The molecule has 2 N–H and O–H groups in total. The lowest BCUT2D eigenvalue weighted by Crippen LogP contribution is -2.62. The molecule has 0 unspecified atom stereocenters. The molecule has 0 saturated carbocycles. The summed E-state index contributed by atoms with van der Waals surface area (Å²) in [5.74, 6) is 0. The van der Waals surface area contributed by atoms with Crippen LogP contribution in [0.15, 0.2) is 0 Å². The number of hydrogen-bond donors (Lipinski definition) is 1. The van der Waals surface area contributed by atoms with Gasteiger partial charge in [0.15, 0.2) is 0 Å². The molecule has 75 valence electrons. The average molecular weight is 184 g/mol. The third-order valence-corrected chi connectivity index (χ3v) is 3.10. The monoisotopic (exact) mass is 184 g/mol. The van der Waals surface area contributed by atoms with Crippen LogP contribution in [0.25, 0.3) is 0 Å². The normalized spacial score (nSPS) is 21.5. The lowest BCUT2D eigenvalue weighted by atomic mass is 9.89. The van der Waals surface area contributed by atoms with E-state index < -0.39 is 6.03 Å². The van der Waals surface area contributed by atoms with Crippen LogP contribution in [0.3, 0.4) is 0 Å². The van der Waals surface area contributed by atoms with Crippen LogP contribution in [0.2, 0.25) is 0 Å². The van der Waals surface area contributed by atoms with Crippen molar-refractivity contribution in [3.05, 3.63) is 0 Å². The van der Waals surface area contributed by atoms with Gasteiger partial charge in [0.05, 0.1) is 5.54 Å². The molecule has 13 heavy (non-hydrogen) atoms. The van der Waals surface area contributed by atoms with Crippen LogP contribution in [0.5, 0.6) is 0 Å². The summed E-state index contributed by atoms with van der Waals surface area (Å²) in [4.78, 5) is 12.8. The van der Waals surface area contributed by atoms with Gasteiger partial charge in [-0.25, -0.2) is 10.5 Å². The fourth-order valence-corrected chi connectivity index (χ4v) is 2.04. The number of rotatable bonds is 2. The van der Waals surface area contributed by atoms with Gasteiger partial charge >= 0.3 is 6.03 Å². The number of hydrogen-bond acceptors (Lipinski definition) is 2. The van der Waals surface area contributed by atoms with Crippen LogP contribution in [0.4, 0.5) is 4.79 Å². The first kappa shape index (κ1) is 10.3. The van der Waals surface area contributed by atoms with E-state index in [1.807, 2.05) is 0 Å². The van der Waals surface area contributed by atoms with Gasteiger partial charge in [0.25, 0.3) is 0 Å². The summed E-state index contributed by atoms with van der Waals surface area (Å²) in [6.07, 6.45) is 1.84. The molecule has 0 atom stereocenters. The van der Waals surface area contributed by atoms with E-state index in [0.717, 1.165) is 25.9 Å². The smallest absolute Gasteiger partial charge is 0.315 e. The molecular weight excluding hydrogens is 166 g/mol. The predicted octanol–water partition coefficient (Wildman–Crippen LogP) is 0.853. The summed E-state index contributed by atoms with van der Waals surface area (Å²) in [7, 11) is 0. The minimum Gasteiger partial charge on any atom is -0.315 e. The van der Waals surface area contributed by atoms with Gasteiger partial charge in [-0.2, -0.15) is 0 Å². The molecular formula is C9H18N3O. The van der Waals surface area contributed by atoms with Crippen molar-refractivity contribution in [1.82, 2.24) is 16.0 Å². The third-order valence-electron chi connectivity index (χ3n) is 3.10. The predicted molar refractivity (Wildman–Crippen MR) is 51.4 cm³/mol. The van der Waals surface area contributed by atoms with E-state index in [1.165, 1.54) is 0 Å². The maximum Gasteiger partial charge on any atom is 0.336 e. The van der Waals surface area contributed by atoms with Crippen molar-refractivity contribution in [2.75, 3.05) is 19.6 Å². The Morgan fingerprint density at radius 2 is 2.15 bits per heavy atom. The summed E-state index contributed by atoms with van der Waals surface area (Å²) in [6, 6.07) is -0.537. The van der Waals surface area contributed by atoms with Crippen molar-refractivity contribution in [2.24, 2.45) is 0 Å². The molecule has 0 aromatic heterocycles. The van der Waals surface area contributed by atoms with Gasteiger partial charge in [-0.1, -0.05) is 13.8 Å². The van der Waals surface area contributed by atoms with Gasteiger partial charge in [0.2, 0.25) is 0 Å². The highest BCUT2D eigenvalue weighted by Gasteiger charge is 2.37. The highest BCUT2D eigenvalue weighted by atomic mass is 16.2. The Morgan fingerprint density at radius 3 is 2.54 bits per heavy atom. The third kappa shape index (κ3) is 1.77. The zero-order valence-corrected chi connectivity index (χ0v) is 8.39. The topological polar surface area (TPSA) is 56.1 Å². The van der Waals surface area contributed by atoms with Crippen molar-refractivity contribution in [3.8, 4) is 0 Å². The quantitative estimate of drug-likeness (QED) is 0.691. The van der Waals surface area contributed by atoms with Crippen LogP contribution in [-0.4, -0.2) is 36.1 Å². The maximum atomic E-state index is 11.1. The van der Waals surface area contributed by atoms with Gasteiger partial charge in [0, 0.05) is 19.6 Å². The summed E-state index contributed by atoms with van der Waals surface area (Å²) >= 11 is 0. The van der Waals surface area contributed by atoms with Crippen LogP contribution in [0, 0.1) is 0 Å². The Kier molecular flexibility index (Phi) is 3.14. The summed E-state index contributed by atoms with van der Waals surface area (Å²) in [5, 5.41) is 3.29. The molecule has 1 aliphatic rings. The van der Waals surface area contributed by atoms with E-state index in [1.54, 1.807) is 4.90 Å². The molecule has 4 heteroatoms. The van der Waals surface area contributed by atoms with E-state index in [9.17, 15) is 4.79 Å². The first-order chi connectivity index (χ1) is 6.16.